The van der Waals surface area contributed by atoms with Gasteiger partial charge in [0.2, 0.25) is 0 Å². The Hall–Kier alpha value is -2.55. The van der Waals surface area contributed by atoms with E-state index in [0.29, 0.717) is 0 Å². The van der Waals surface area contributed by atoms with Gasteiger partial charge in [0.05, 0.1) is 5.69 Å². The van der Waals surface area contributed by atoms with E-state index in [0.717, 1.165) is 17.8 Å². The zero-order valence-corrected chi connectivity index (χ0v) is 11.4. The maximum absolute atomic E-state index is 12.2. The van der Waals surface area contributed by atoms with Gasteiger partial charge in [-0.25, -0.2) is 4.68 Å². The van der Waals surface area contributed by atoms with Crippen molar-refractivity contribution >= 4 is 0 Å². The molecule has 3 aromatic rings. The minimum Gasteiger partial charge on any atom is -0.285 e. The SMILES string of the molecule is Cn1c(Cc2ccccc2)cc(=O)n1-c1ccccc1. The van der Waals surface area contributed by atoms with E-state index in [4.69, 9.17) is 0 Å². The van der Waals surface area contributed by atoms with Gasteiger partial charge in [0, 0.05) is 25.2 Å². The second-order valence-corrected chi connectivity index (χ2v) is 4.81. The summed E-state index contributed by atoms with van der Waals surface area (Å²) in [6.45, 7) is 0. The molecule has 0 bridgehead atoms. The summed E-state index contributed by atoms with van der Waals surface area (Å²) in [5, 5.41) is 0. The highest BCUT2D eigenvalue weighted by molar-refractivity contribution is 5.32. The largest absolute Gasteiger partial charge is 0.285 e. The van der Waals surface area contributed by atoms with E-state index in [9.17, 15) is 4.79 Å². The first kappa shape index (κ1) is 12.5. The van der Waals surface area contributed by atoms with Gasteiger partial charge in [-0.2, -0.15) is 0 Å². The molecule has 0 fully saturated rings. The minimum atomic E-state index is 0.00429. The van der Waals surface area contributed by atoms with Gasteiger partial charge in [-0.15, -0.1) is 0 Å². The molecule has 20 heavy (non-hydrogen) atoms. The zero-order chi connectivity index (χ0) is 13.9. The van der Waals surface area contributed by atoms with Crippen LogP contribution in [0.4, 0.5) is 0 Å². The van der Waals surface area contributed by atoms with Crippen LogP contribution in [0.3, 0.4) is 0 Å². The van der Waals surface area contributed by atoms with Gasteiger partial charge in [-0.3, -0.25) is 9.48 Å². The molecule has 0 saturated heterocycles. The molecule has 0 saturated carbocycles. The maximum atomic E-state index is 12.2. The van der Waals surface area contributed by atoms with E-state index < -0.39 is 0 Å². The zero-order valence-electron chi connectivity index (χ0n) is 11.4. The van der Waals surface area contributed by atoms with Gasteiger partial charge in [-0.1, -0.05) is 48.5 Å². The van der Waals surface area contributed by atoms with Crippen molar-refractivity contribution in [3.63, 3.8) is 0 Å². The summed E-state index contributed by atoms with van der Waals surface area (Å²) in [7, 11) is 1.92. The smallest absolute Gasteiger partial charge is 0.271 e. The van der Waals surface area contributed by atoms with Crippen molar-refractivity contribution in [3.05, 3.63) is 88.3 Å². The van der Waals surface area contributed by atoms with Crippen molar-refractivity contribution in [2.75, 3.05) is 0 Å². The molecule has 0 amide bonds. The Labute approximate surface area is 117 Å². The Morgan fingerprint density at radius 2 is 1.50 bits per heavy atom. The molecule has 0 unspecified atom stereocenters. The number of aromatic nitrogens is 2. The van der Waals surface area contributed by atoms with Crippen molar-refractivity contribution in [2.45, 2.75) is 6.42 Å². The minimum absolute atomic E-state index is 0.00429. The Bertz CT molecular complexity index is 755. The van der Waals surface area contributed by atoms with E-state index in [2.05, 4.69) is 12.1 Å². The maximum Gasteiger partial charge on any atom is 0.271 e. The second-order valence-electron chi connectivity index (χ2n) is 4.81. The van der Waals surface area contributed by atoms with Crippen LogP contribution in [0.1, 0.15) is 11.3 Å². The lowest BCUT2D eigenvalue weighted by Gasteiger charge is -2.10. The number of nitrogens with zero attached hydrogens (tertiary/aromatic N) is 2. The molecule has 0 spiro atoms. The Morgan fingerprint density at radius 3 is 2.15 bits per heavy atom. The summed E-state index contributed by atoms with van der Waals surface area (Å²) < 4.78 is 3.61. The first-order valence-corrected chi connectivity index (χ1v) is 6.63. The molecule has 1 aromatic heterocycles. The molecule has 3 heteroatoms. The van der Waals surface area contributed by atoms with E-state index >= 15 is 0 Å². The lowest BCUT2D eigenvalue weighted by molar-refractivity contribution is 0.622. The Morgan fingerprint density at radius 1 is 0.900 bits per heavy atom. The van der Waals surface area contributed by atoms with Gasteiger partial charge < -0.3 is 0 Å². The summed E-state index contributed by atoms with van der Waals surface area (Å²) in [5.74, 6) is 0. The molecule has 0 radical (unpaired) electrons. The van der Waals surface area contributed by atoms with Gasteiger partial charge in [0.25, 0.3) is 5.56 Å². The van der Waals surface area contributed by atoms with E-state index in [1.165, 1.54) is 5.56 Å². The van der Waals surface area contributed by atoms with Gasteiger partial charge in [0.1, 0.15) is 0 Å². The molecular formula is C17H16N2O. The number of para-hydroxylation sites is 1. The summed E-state index contributed by atoms with van der Waals surface area (Å²) in [6, 6.07) is 21.6. The molecule has 0 N–H and O–H groups in total. The molecule has 2 aromatic carbocycles. The molecule has 0 aliphatic rings. The molecule has 0 aliphatic carbocycles. The third-order valence-corrected chi connectivity index (χ3v) is 3.44. The van der Waals surface area contributed by atoms with Crippen molar-refractivity contribution in [2.24, 2.45) is 7.05 Å². The van der Waals surface area contributed by atoms with Crippen LogP contribution in [0.25, 0.3) is 5.69 Å². The lowest BCUT2D eigenvalue weighted by atomic mass is 10.1. The topological polar surface area (TPSA) is 26.9 Å². The van der Waals surface area contributed by atoms with Crippen LogP contribution >= 0.6 is 0 Å². The number of hydrogen-bond donors (Lipinski definition) is 0. The third kappa shape index (κ3) is 2.30. The fourth-order valence-corrected chi connectivity index (χ4v) is 2.41. The molecular weight excluding hydrogens is 248 g/mol. The first-order valence-electron chi connectivity index (χ1n) is 6.63. The highest BCUT2D eigenvalue weighted by Gasteiger charge is 2.09. The first-order chi connectivity index (χ1) is 9.75. The van der Waals surface area contributed by atoms with Gasteiger partial charge in [-0.05, 0) is 17.7 Å². The standard InChI is InChI=1S/C17H16N2O/c1-18-16(12-14-8-4-2-5-9-14)13-17(20)19(18)15-10-6-3-7-11-15/h2-11,13H,12H2,1H3. The molecule has 3 nitrogen and oxygen atoms in total. The van der Waals surface area contributed by atoms with Crippen LogP contribution in [0.5, 0.6) is 0 Å². The molecule has 0 aliphatic heterocycles. The molecule has 0 atom stereocenters. The Balaban J connectivity index is 2.02. The highest BCUT2D eigenvalue weighted by atomic mass is 16.1. The second kappa shape index (κ2) is 5.21. The van der Waals surface area contributed by atoms with E-state index in [-0.39, 0.29) is 5.56 Å². The molecule has 3 rings (SSSR count). The average Bonchev–Trinajstić information content (AvgIpc) is 2.75. The van der Waals surface area contributed by atoms with Crippen molar-refractivity contribution in [1.82, 2.24) is 9.36 Å². The highest BCUT2D eigenvalue weighted by Crippen LogP contribution is 2.10. The van der Waals surface area contributed by atoms with Crippen LogP contribution in [0, 0.1) is 0 Å². The van der Waals surface area contributed by atoms with E-state index in [1.54, 1.807) is 10.7 Å². The fourth-order valence-electron chi connectivity index (χ4n) is 2.41. The monoisotopic (exact) mass is 264 g/mol. The normalized spacial score (nSPS) is 10.7. The predicted molar refractivity (Wildman–Crippen MR) is 80.3 cm³/mol. The number of hydrogen-bond acceptors (Lipinski definition) is 1. The van der Waals surface area contributed by atoms with E-state index in [1.807, 2.05) is 60.3 Å². The predicted octanol–water partition coefficient (Wildman–Crippen LogP) is 2.77. The number of rotatable bonds is 3. The van der Waals surface area contributed by atoms with Crippen LogP contribution in [0.15, 0.2) is 71.5 Å². The van der Waals surface area contributed by atoms with Gasteiger partial charge in [0.15, 0.2) is 0 Å². The van der Waals surface area contributed by atoms with Gasteiger partial charge >= 0.3 is 0 Å². The van der Waals surface area contributed by atoms with Crippen LogP contribution in [0.2, 0.25) is 0 Å². The van der Waals surface area contributed by atoms with Crippen LogP contribution in [-0.2, 0) is 13.5 Å². The molecule has 100 valence electrons. The fraction of sp³-hybridized carbons (Fsp3) is 0.118. The number of benzene rings is 2. The van der Waals surface area contributed by atoms with Crippen molar-refractivity contribution < 1.29 is 0 Å². The quantitative estimate of drug-likeness (QED) is 0.714. The molecule has 1 heterocycles. The van der Waals surface area contributed by atoms with Crippen LogP contribution < -0.4 is 5.56 Å². The van der Waals surface area contributed by atoms with Crippen molar-refractivity contribution in [3.8, 4) is 5.69 Å². The summed E-state index contributed by atoms with van der Waals surface area (Å²) in [5.41, 5.74) is 3.10. The average molecular weight is 264 g/mol. The Kier molecular flexibility index (Phi) is 3.25. The summed E-state index contributed by atoms with van der Waals surface area (Å²) in [6.07, 6.45) is 0.756. The summed E-state index contributed by atoms with van der Waals surface area (Å²) >= 11 is 0. The lowest BCUT2D eigenvalue weighted by Crippen LogP contribution is -2.19. The van der Waals surface area contributed by atoms with Crippen molar-refractivity contribution in [1.29, 1.82) is 0 Å². The summed E-state index contributed by atoms with van der Waals surface area (Å²) in [4.78, 5) is 12.2. The third-order valence-electron chi connectivity index (χ3n) is 3.44. The van der Waals surface area contributed by atoms with Crippen LogP contribution in [-0.4, -0.2) is 9.36 Å².